The van der Waals surface area contributed by atoms with Crippen LogP contribution in [0.5, 0.6) is 5.75 Å². The van der Waals surface area contributed by atoms with Crippen molar-refractivity contribution in [3.05, 3.63) is 41.6 Å². The first kappa shape index (κ1) is 18.0. The molecule has 7 nitrogen and oxygen atoms in total. The summed E-state index contributed by atoms with van der Waals surface area (Å²) in [6.45, 7) is 5.77. The molecule has 2 heterocycles. The fourth-order valence-corrected chi connectivity index (χ4v) is 2.90. The third-order valence-electron chi connectivity index (χ3n) is 4.13. The van der Waals surface area contributed by atoms with Crippen molar-refractivity contribution in [3.8, 4) is 5.75 Å². The SMILES string of the molecule is CCNc1nc(C)cc(NCCNC(=O)C2CCc3ccccc3O2)n1. The number of benzene rings is 1. The maximum Gasteiger partial charge on any atom is 0.261 e. The van der Waals surface area contributed by atoms with E-state index in [0.717, 1.165) is 35.8 Å². The quantitative estimate of drug-likeness (QED) is 0.660. The molecule has 1 aromatic heterocycles. The number of amides is 1. The van der Waals surface area contributed by atoms with Crippen LogP contribution in [0.3, 0.4) is 0 Å². The van der Waals surface area contributed by atoms with Gasteiger partial charge in [0.25, 0.3) is 5.91 Å². The number of nitrogens with zero attached hydrogens (tertiary/aromatic N) is 2. The monoisotopic (exact) mass is 355 g/mol. The average Bonchev–Trinajstić information content (AvgIpc) is 2.64. The number of fused-ring (bicyclic) bond motifs is 1. The van der Waals surface area contributed by atoms with Crippen molar-refractivity contribution in [1.82, 2.24) is 15.3 Å². The van der Waals surface area contributed by atoms with Gasteiger partial charge in [0, 0.05) is 31.4 Å². The van der Waals surface area contributed by atoms with E-state index in [9.17, 15) is 4.79 Å². The summed E-state index contributed by atoms with van der Waals surface area (Å²) in [6.07, 6.45) is 1.14. The first-order valence-corrected chi connectivity index (χ1v) is 9.01. The van der Waals surface area contributed by atoms with Crippen LogP contribution in [0.1, 0.15) is 24.6 Å². The van der Waals surface area contributed by atoms with E-state index < -0.39 is 6.10 Å². The number of rotatable bonds is 7. The van der Waals surface area contributed by atoms with Crippen molar-refractivity contribution in [2.75, 3.05) is 30.3 Å². The molecular weight excluding hydrogens is 330 g/mol. The number of para-hydroxylation sites is 1. The van der Waals surface area contributed by atoms with Crippen LogP contribution in [-0.4, -0.2) is 41.6 Å². The smallest absolute Gasteiger partial charge is 0.261 e. The molecular formula is C19H25N5O2. The van der Waals surface area contributed by atoms with Crippen LogP contribution in [0.15, 0.2) is 30.3 Å². The maximum atomic E-state index is 12.3. The van der Waals surface area contributed by atoms with E-state index in [4.69, 9.17) is 4.74 Å². The lowest BCUT2D eigenvalue weighted by Gasteiger charge is -2.25. The molecule has 1 aliphatic rings. The minimum absolute atomic E-state index is 0.0755. The molecule has 1 aliphatic heterocycles. The van der Waals surface area contributed by atoms with Gasteiger partial charge in [0.1, 0.15) is 11.6 Å². The van der Waals surface area contributed by atoms with Crippen LogP contribution in [0, 0.1) is 6.92 Å². The third kappa shape index (κ3) is 4.62. The van der Waals surface area contributed by atoms with Crippen LogP contribution in [0.4, 0.5) is 11.8 Å². The van der Waals surface area contributed by atoms with Crippen LogP contribution in [0.25, 0.3) is 0 Å². The van der Waals surface area contributed by atoms with E-state index in [0.29, 0.717) is 25.5 Å². The Bertz CT molecular complexity index is 765. The van der Waals surface area contributed by atoms with E-state index in [1.54, 1.807) is 0 Å². The zero-order chi connectivity index (χ0) is 18.4. The van der Waals surface area contributed by atoms with Crippen LogP contribution in [-0.2, 0) is 11.2 Å². The molecule has 1 atom stereocenters. The van der Waals surface area contributed by atoms with Crippen molar-refractivity contribution in [3.63, 3.8) is 0 Å². The highest BCUT2D eigenvalue weighted by Crippen LogP contribution is 2.26. The van der Waals surface area contributed by atoms with E-state index in [2.05, 4.69) is 25.9 Å². The first-order valence-electron chi connectivity index (χ1n) is 9.01. The van der Waals surface area contributed by atoms with Crippen LogP contribution in [0.2, 0.25) is 0 Å². The molecule has 138 valence electrons. The van der Waals surface area contributed by atoms with Gasteiger partial charge >= 0.3 is 0 Å². The molecule has 3 N–H and O–H groups in total. The molecule has 2 aromatic rings. The molecule has 0 aliphatic carbocycles. The Kier molecular flexibility index (Phi) is 5.88. The Labute approximate surface area is 153 Å². The molecule has 0 spiro atoms. The minimum Gasteiger partial charge on any atom is -0.480 e. The Morgan fingerprint density at radius 3 is 2.92 bits per heavy atom. The average molecular weight is 355 g/mol. The van der Waals surface area contributed by atoms with Crippen LogP contribution < -0.4 is 20.7 Å². The van der Waals surface area contributed by atoms with Gasteiger partial charge in [0.15, 0.2) is 6.10 Å². The van der Waals surface area contributed by atoms with Crippen molar-refractivity contribution >= 4 is 17.7 Å². The zero-order valence-corrected chi connectivity index (χ0v) is 15.2. The number of nitrogens with one attached hydrogen (secondary N) is 3. The molecule has 0 saturated heterocycles. The molecule has 26 heavy (non-hydrogen) atoms. The predicted molar refractivity (Wildman–Crippen MR) is 102 cm³/mol. The summed E-state index contributed by atoms with van der Waals surface area (Å²) in [7, 11) is 0. The summed E-state index contributed by atoms with van der Waals surface area (Å²) in [6, 6.07) is 9.75. The lowest BCUT2D eigenvalue weighted by atomic mass is 10.0. The van der Waals surface area contributed by atoms with Gasteiger partial charge in [-0.05, 0) is 38.3 Å². The Morgan fingerprint density at radius 1 is 1.23 bits per heavy atom. The fraction of sp³-hybridized carbons (Fsp3) is 0.421. The van der Waals surface area contributed by atoms with Gasteiger partial charge in [0.2, 0.25) is 5.95 Å². The second-order valence-electron chi connectivity index (χ2n) is 6.22. The molecule has 0 radical (unpaired) electrons. The predicted octanol–water partition coefficient (Wildman–Crippen LogP) is 2.14. The Morgan fingerprint density at radius 2 is 2.08 bits per heavy atom. The lowest BCUT2D eigenvalue weighted by Crippen LogP contribution is -2.42. The number of hydrogen-bond acceptors (Lipinski definition) is 6. The topological polar surface area (TPSA) is 88.2 Å². The zero-order valence-electron chi connectivity index (χ0n) is 15.2. The molecule has 1 amide bonds. The standard InChI is InChI=1S/C19H25N5O2/c1-3-20-19-23-13(2)12-17(24-19)21-10-11-22-18(25)16-9-8-14-6-4-5-7-15(14)26-16/h4-7,12,16H,3,8-11H2,1-2H3,(H,22,25)(H2,20,21,23,24). The largest absolute Gasteiger partial charge is 0.480 e. The molecule has 3 rings (SSSR count). The number of aromatic nitrogens is 2. The highest BCUT2D eigenvalue weighted by Gasteiger charge is 2.25. The van der Waals surface area contributed by atoms with E-state index in [1.807, 2.05) is 44.2 Å². The first-order chi connectivity index (χ1) is 12.7. The number of hydrogen-bond donors (Lipinski definition) is 3. The van der Waals surface area contributed by atoms with Gasteiger partial charge in [-0.2, -0.15) is 4.98 Å². The van der Waals surface area contributed by atoms with Crippen molar-refractivity contribution in [2.24, 2.45) is 0 Å². The third-order valence-corrected chi connectivity index (χ3v) is 4.13. The van der Waals surface area contributed by atoms with Crippen molar-refractivity contribution < 1.29 is 9.53 Å². The highest BCUT2D eigenvalue weighted by atomic mass is 16.5. The second-order valence-corrected chi connectivity index (χ2v) is 6.22. The number of ether oxygens (including phenoxy) is 1. The normalized spacial score (nSPS) is 15.5. The van der Waals surface area contributed by atoms with Crippen molar-refractivity contribution in [1.29, 1.82) is 0 Å². The highest BCUT2D eigenvalue weighted by molar-refractivity contribution is 5.81. The van der Waals surface area contributed by atoms with Gasteiger partial charge in [0.05, 0.1) is 0 Å². The molecule has 0 saturated carbocycles. The molecule has 1 aromatic carbocycles. The number of carbonyl (C=O) groups excluding carboxylic acids is 1. The van der Waals surface area contributed by atoms with Gasteiger partial charge in [-0.15, -0.1) is 0 Å². The van der Waals surface area contributed by atoms with Crippen LogP contribution >= 0.6 is 0 Å². The van der Waals surface area contributed by atoms with Gasteiger partial charge in [-0.3, -0.25) is 4.79 Å². The summed E-state index contributed by atoms with van der Waals surface area (Å²) in [5.74, 6) is 2.08. The van der Waals surface area contributed by atoms with Crippen molar-refractivity contribution in [2.45, 2.75) is 32.8 Å². The maximum absolute atomic E-state index is 12.3. The van der Waals surface area contributed by atoms with Gasteiger partial charge in [-0.1, -0.05) is 18.2 Å². The Balaban J connectivity index is 1.45. The molecule has 0 fully saturated rings. The van der Waals surface area contributed by atoms with E-state index >= 15 is 0 Å². The minimum atomic E-state index is -0.424. The Hall–Kier alpha value is -2.83. The summed E-state index contributed by atoms with van der Waals surface area (Å²) >= 11 is 0. The second kappa shape index (κ2) is 8.51. The number of anilines is 2. The van der Waals surface area contributed by atoms with E-state index in [1.165, 1.54) is 0 Å². The lowest BCUT2D eigenvalue weighted by molar-refractivity contribution is -0.128. The molecule has 1 unspecified atom stereocenters. The fourth-order valence-electron chi connectivity index (χ4n) is 2.90. The van der Waals surface area contributed by atoms with E-state index in [-0.39, 0.29) is 5.91 Å². The summed E-state index contributed by atoms with van der Waals surface area (Å²) in [4.78, 5) is 21.0. The molecule has 7 heteroatoms. The number of aryl methyl sites for hydroxylation is 2. The summed E-state index contributed by atoms with van der Waals surface area (Å²) in [5.41, 5.74) is 2.05. The summed E-state index contributed by atoms with van der Waals surface area (Å²) < 4.78 is 5.81. The molecule has 0 bridgehead atoms. The van der Waals surface area contributed by atoms with Gasteiger partial charge in [-0.25, -0.2) is 4.98 Å². The number of carbonyl (C=O) groups is 1. The summed E-state index contributed by atoms with van der Waals surface area (Å²) in [5, 5.41) is 9.23. The van der Waals surface area contributed by atoms with Gasteiger partial charge < -0.3 is 20.7 Å².